The Morgan fingerprint density at radius 3 is 2.37 bits per heavy atom. The van der Waals surface area contributed by atoms with Crippen LogP contribution in [0.5, 0.6) is 0 Å². The molecule has 27 heavy (non-hydrogen) atoms. The summed E-state index contributed by atoms with van der Waals surface area (Å²) in [6, 6.07) is 10.1. The fourth-order valence-corrected chi connectivity index (χ4v) is 2.93. The smallest absolute Gasteiger partial charge is 0.433 e. The number of methoxy groups -OCH3 is 1. The number of fused-ring (bicyclic) bond motifs is 1. The highest BCUT2D eigenvalue weighted by atomic mass is 19.4. The van der Waals surface area contributed by atoms with Crippen molar-refractivity contribution in [3.05, 3.63) is 69.6 Å². The maximum absolute atomic E-state index is 13.2. The van der Waals surface area contributed by atoms with Crippen LogP contribution < -0.4 is 5.43 Å². The third-order valence-electron chi connectivity index (χ3n) is 4.15. The second-order valence-corrected chi connectivity index (χ2v) is 5.74. The van der Waals surface area contributed by atoms with Crippen LogP contribution in [0.2, 0.25) is 0 Å². The van der Waals surface area contributed by atoms with E-state index in [1.807, 2.05) is 0 Å². The maximum atomic E-state index is 13.2. The van der Waals surface area contributed by atoms with Crippen molar-refractivity contribution in [1.82, 2.24) is 9.55 Å². The van der Waals surface area contributed by atoms with Crippen LogP contribution in [-0.4, -0.2) is 22.6 Å². The molecule has 0 atom stereocenters. The summed E-state index contributed by atoms with van der Waals surface area (Å²) in [5.41, 5.74) is -1.53. The lowest BCUT2D eigenvalue weighted by molar-refractivity contribution is -0.141. The lowest BCUT2D eigenvalue weighted by atomic mass is 10.1. The molecule has 0 bridgehead atoms. The van der Waals surface area contributed by atoms with Gasteiger partial charge < -0.3 is 4.74 Å². The van der Waals surface area contributed by atoms with Gasteiger partial charge in [-0.3, -0.25) is 9.36 Å². The maximum Gasteiger partial charge on any atom is 0.433 e. The third kappa shape index (κ3) is 3.18. The second kappa shape index (κ2) is 6.86. The number of alkyl halides is 3. The van der Waals surface area contributed by atoms with Crippen LogP contribution >= 0.6 is 0 Å². The summed E-state index contributed by atoms with van der Waals surface area (Å²) >= 11 is 0. The van der Waals surface area contributed by atoms with E-state index in [1.54, 1.807) is 37.3 Å². The number of benzene rings is 1. The van der Waals surface area contributed by atoms with Crippen molar-refractivity contribution in [3.8, 4) is 5.69 Å². The van der Waals surface area contributed by atoms with Crippen molar-refractivity contribution in [3.63, 3.8) is 0 Å². The lowest BCUT2D eigenvalue weighted by Gasteiger charge is -2.19. The molecule has 3 rings (SSSR count). The zero-order valence-electron chi connectivity index (χ0n) is 14.5. The molecule has 0 spiro atoms. The lowest BCUT2D eigenvalue weighted by Crippen LogP contribution is -2.25. The molecular formula is C19H15F3N2O3. The Morgan fingerprint density at radius 1 is 1.15 bits per heavy atom. The van der Waals surface area contributed by atoms with Gasteiger partial charge in [-0.15, -0.1) is 0 Å². The first-order chi connectivity index (χ1) is 12.8. The Labute approximate surface area is 152 Å². The Hall–Kier alpha value is -3.16. The summed E-state index contributed by atoms with van der Waals surface area (Å²) in [5.74, 6) is -0.825. The number of halogens is 3. The van der Waals surface area contributed by atoms with E-state index in [0.717, 1.165) is 19.2 Å². The fraction of sp³-hybridized carbons (Fsp3) is 0.211. The summed E-state index contributed by atoms with van der Waals surface area (Å²) in [6.07, 6.45) is -4.49. The number of rotatable bonds is 3. The Bertz CT molecular complexity index is 1070. The van der Waals surface area contributed by atoms with Crippen molar-refractivity contribution >= 4 is 17.0 Å². The average Bonchev–Trinajstić information content (AvgIpc) is 2.66. The number of carbonyl (C=O) groups excluding carboxylic acids is 1. The number of ether oxygens (including phenoxy) is 1. The molecule has 3 aromatic rings. The normalized spacial score (nSPS) is 11.6. The fourth-order valence-electron chi connectivity index (χ4n) is 2.93. The number of hydrogen-bond donors (Lipinski definition) is 0. The van der Waals surface area contributed by atoms with Crippen LogP contribution in [0.15, 0.2) is 47.3 Å². The average molecular weight is 376 g/mol. The van der Waals surface area contributed by atoms with Crippen LogP contribution in [0.4, 0.5) is 13.2 Å². The molecule has 0 aliphatic carbocycles. The molecule has 0 aliphatic rings. The van der Waals surface area contributed by atoms with Gasteiger partial charge in [0, 0.05) is 11.3 Å². The van der Waals surface area contributed by atoms with Crippen LogP contribution in [0.25, 0.3) is 16.7 Å². The molecule has 0 radical (unpaired) electrons. The van der Waals surface area contributed by atoms with Gasteiger partial charge in [0.1, 0.15) is 17.0 Å². The molecule has 0 fully saturated rings. The number of carbonyl (C=O) groups is 1. The SMILES string of the molecule is CCc1c(C(=O)OC)n(-c2ccccc2)c2nc(C(F)(F)F)ccc2c1=O. The zero-order valence-corrected chi connectivity index (χ0v) is 14.5. The summed E-state index contributed by atoms with van der Waals surface area (Å²) in [6.45, 7) is 1.68. The summed E-state index contributed by atoms with van der Waals surface area (Å²) in [7, 11) is 1.14. The van der Waals surface area contributed by atoms with Gasteiger partial charge in [0.15, 0.2) is 5.43 Å². The second-order valence-electron chi connectivity index (χ2n) is 5.74. The van der Waals surface area contributed by atoms with Gasteiger partial charge in [-0.05, 0) is 30.7 Å². The molecule has 5 nitrogen and oxygen atoms in total. The predicted molar refractivity (Wildman–Crippen MR) is 93.1 cm³/mol. The number of pyridine rings is 2. The molecule has 0 saturated carbocycles. The monoisotopic (exact) mass is 376 g/mol. The number of para-hydroxylation sites is 1. The van der Waals surface area contributed by atoms with Crippen LogP contribution in [0, 0.1) is 0 Å². The van der Waals surface area contributed by atoms with Crippen LogP contribution in [0.1, 0.15) is 28.7 Å². The van der Waals surface area contributed by atoms with Crippen molar-refractivity contribution in [2.24, 2.45) is 0 Å². The first-order valence-corrected chi connectivity index (χ1v) is 8.09. The predicted octanol–water partition coefficient (Wildman–Crippen LogP) is 3.75. The van der Waals surface area contributed by atoms with E-state index in [1.165, 1.54) is 4.57 Å². The molecule has 2 aromatic heterocycles. The van der Waals surface area contributed by atoms with E-state index in [4.69, 9.17) is 4.74 Å². The van der Waals surface area contributed by atoms with Gasteiger partial charge in [-0.2, -0.15) is 13.2 Å². The van der Waals surface area contributed by atoms with E-state index < -0.39 is 23.3 Å². The molecule has 0 N–H and O–H groups in total. The minimum absolute atomic E-state index is 0.00337. The largest absolute Gasteiger partial charge is 0.464 e. The third-order valence-corrected chi connectivity index (χ3v) is 4.15. The highest BCUT2D eigenvalue weighted by molar-refractivity contribution is 5.94. The van der Waals surface area contributed by atoms with Crippen molar-refractivity contribution < 1.29 is 22.7 Å². The molecular weight excluding hydrogens is 361 g/mol. The van der Waals surface area contributed by atoms with Crippen LogP contribution in [-0.2, 0) is 17.3 Å². The molecule has 0 saturated heterocycles. The zero-order chi connectivity index (χ0) is 19.8. The number of aromatic nitrogens is 2. The van der Waals surface area contributed by atoms with Crippen molar-refractivity contribution in [2.45, 2.75) is 19.5 Å². The van der Waals surface area contributed by atoms with Gasteiger partial charge >= 0.3 is 12.1 Å². The van der Waals surface area contributed by atoms with Crippen LogP contribution in [0.3, 0.4) is 0 Å². The molecule has 2 heterocycles. The van der Waals surface area contributed by atoms with Gasteiger partial charge in [0.25, 0.3) is 0 Å². The van der Waals surface area contributed by atoms with E-state index in [9.17, 15) is 22.8 Å². The first kappa shape index (κ1) is 18.6. The molecule has 0 aliphatic heterocycles. The number of hydrogen-bond acceptors (Lipinski definition) is 4. The number of nitrogens with zero attached hydrogens (tertiary/aromatic N) is 2. The summed E-state index contributed by atoms with van der Waals surface area (Å²) < 4.78 is 45.6. The standard InChI is InChI=1S/C19H15F3N2O3/c1-3-12-15(18(26)27-2)24(11-7-5-4-6-8-11)17-13(16(12)25)9-10-14(23-17)19(20,21)22/h4-10H,3H2,1-2H3. The summed E-state index contributed by atoms with van der Waals surface area (Å²) in [4.78, 5) is 28.9. The van der Waals surface area contributed by atoms with Gasteiger partial charge in [-0.25, -0.2) is 9.78 Å². The molecule has 140 valence electrons. The molecule has 8 heteroatoms. The molecule has 0 unspecified atom stereocenters. The minimum Gasteiger partial charge on any atom is -0.464 e. The van der Waals surface area contributed by atoms with Crippen molar-refractivity contribution in [1.29, 1.82) is 0 Å². The van der Waals surface area contributed by atoms with E-state index in [-0.39, 0.29) is 28.7 Å². The quantitative estimate of drug-likeness (QED) is 0.653. The van der Waals surface area contributed by atoms with E-state index in [2.05, 4.69) is 4.98 Å². The van der Waals surface area contributed by atoms with Crippen molar-refractivity contribution in [2.75, 3.05) is 7.11 Å². The minimum atomic E-state index is -4.69. The Balaban J connectivity index is 2.57. The van der Waals surface area contributed by atoms with Gasteiger partial charge in [0.05, 0.1) is 12.5 Å². The van der Waals surface area contributed by atoms with Gasteiger partial charge in [0.2, 0.25) is 0 Å². The Kier molecular flexibility index (Phi) is 4.73. The highest BCUT2D eigenvalue weighted by Crippen LogP contribution is 2.30. The van der Waals surface area contributed by atoms with E-state index >= 15 is 0 Å². The van der Waals surface area contributed by atoms with Gasteiger partial charge in [-0.1, -0.05) is 25.1 Å². The number of esters is 1. The topological polar surface area (TPSA) is 61.2 Å². The van der Waals surface area contributed by atoms with E-state index in [0.29, 0.717) is 5.69 Å². The first-order valence-electron chi connectivity index (χ1n) is 8.09. The summed E-state index contributed by atoms with van der Waals surface area (Å²) in [5, 5.41) is -0.00337. The highest BCUT2D eigenvalue weighted by Gasteiger charge is 2.34. The molecule has 0 amide bonds. The molecule has 1 aromatic carbocycles. The Morgan fingerprint density at radius 2 is 1.81 bits per heavy atom.